The van der Waals surface area contributed by atoms with Crippen LogP contribution in [0.15, 0.2) is 64.1 Å². The fraction of sp³-hybridized carbons (Fsp3) is 0.208. The Morgan fingerprint density at radius 1 is 1.03 bits per heavy atom. The Labute approximate surface area is 181 Å². The van der Waals surface area contributed by atoms with E-state index in [2.05, 4.69) is 15.8 Å². The van der Waals surface area contributed by atoms with Crippen molar-refractivity contribution < 1.29 is 18.7 Å². The fourth-order valence-corrected chi connectivity index (χ4v) is 3.03. The van der Waals surface area contributed by atoms with E-state index in [1.807, 2.05) is 32.0 Å². The molecule has 1 amide bonds. The molecule has 0 saturated heterocycles. The normalized spacial score (nSPS) is 10.8. The lowest BCUT2D eigenvalue weighted by molar-refractivity contribution is -0.119. The molecule has 0 radical (unpaired) electrons. The lowest BCUT2D eigenvalue weighted by Gasteiger charge is -2.11. The van der Waals surface area contributed by atoms with Gasteiger partial charge in [-0.3, -0.25) is 4.79 Å². The quantitative estimate of drug-likeness (QED) is 0.323. The van der Waals surface area contributed by atoms with Crippen LogP contribution < -0.4 is 10.7 Å². The monoisotopic (exact) mass is 419 g/mol. The van der Waals surface area contributed by atoms with Gasteiger partial charge in [0.05, 0.1) is 24.9 Å². The predicted octanol–water partition coefficient (Wildman–Crippen LogP) is 4.30. The average Bonchev–Trinajstić information content (AvgIpc) is 3.22. The summed E-state index contributed by atoms with van der Waals surface area (Å²) >= 11 is 0. The van der Waals surface area contributed by atoms with Crippen LogP contribution >= 0.6 is 0 Å². The molecule has 160 valence electrons. The third kappa shape index (κ3) is 5.82. The molecule has 0 saturated carbocycles. The predicted molar refractivity (Wildman–Crippen MR) is 120 cm³/mol. The Morgan fingerprint density at radius 2 is 1.74 bits per heavy atom. The van der Waals surface area contributed by atoms with Gasteiger partial charge in [-0.2, -0.15) is 5.10 Å². The maximum absolute atomic E-state index is 12.0. The molecule has 0 aliphatic heterocycles. The van der Waals surface area contributed by atoms with Crippen LogP contribution in [-0.4, -0.2) is 31.2 Å². The molecule has 1 aromatic heterocycles. The van der Waals surface area contributed by atoms with Gasteiger partial charge in [0, 0.05) is 11.3 Å². The van der Waals surface area contributed by atoms with E-state index in [0.29, 0.717) is 23.7 Å². The molecule has 0 atom stereocenters. The molecule has 7 nitrogen and oxygen atoms in total. The van der Waals surface area contributed by atoms with Crippen molar-refractivity contribution >= 4 is 23.8 Å². The molecule has 2 N–H and O–H groups in total. The van der Waals surface area contributed by atoms with Crippen LogP contribution in [0, 0.1) is 13.8 Å². The highest BCUT2D eigenvalue weighted by Crippen LogP contribution is 2.22. The van der Waals surface area contributed by atoms with E-state index in [9.17, 15) is 9.59 Å². The SMILES string of the molecule is CCOC(=O)c1ccc(-c2ccc(/C=N/NC(=O)CNc3c(C)cccc3C)o2)cc1. The van der Waals surface area contributed by atoms with Crippen molar-refractivity contribution in [3.05, 3.63) is 77.0 Å². The summed E-state index contributed by atoms with van der Waals surface area (Å²) in [7, 11) is 0. The van der Waals surface area contributed by atoms with Gasteiger partial charge in [-0.15, -0.1) is 0 Å². The molecular formula is C24H25N3O4. The highest BCUT2D eigenvalue weighted by atomic mass is 16.5. The zero-order chi connectivity index (χ0) is 22.2. The summed E-state index contributed by atoms with van der Waals surface area (Å²) in [6.07, 6.45) is 1.44. The molecule has 7 heteroatoms. The molecule has 0 aliphatic rings. The molecular weight excluding hydrogens is 394 g/mol. The van der Waals surface area contributed by atoms with E-state index in [4.69, 9.17) is 9.15 Å². The minimum Gasteiger partial charge on any atom is -0.462 e. The highest BCUT2D eigenvalue weighted by molar-refractivity contribution is 5.90. The van der Waals surface area contributed by atoms with Gasteiger partial charge >= 0.3 is 5.97 Å². The number of furan rings is 1. The van der Waals surface area contributed by atoms with Crippen LogP contribution in [0.3, 0.4) is 0 Å². The van der Waals surface area contributed by atoms with Gasteiger partial charge in [0.15, 0.2) is 0 Å². The van der Waals surface area contributed by atoms with Gasteiger partial charge in [0.2, 0.25) is 0 Å². The van der Waals surface area contributed by atoms with E-state index in [-0.39, 0.29) is 18.4 Å². The van der Waals surface area contributed by atoms with E-state index in [1.54, 1.807) is 43.3 Å². The number of hydrogen-bond acceptors (Lipinski definition) is 6. The summed E-state index contributed by atoms with van der Waals surface area (Å²) in [6, 6.07) is 16.4. The summed E-state index contributed by atoms with van der Waals surface area (Å²) in [6.45, 7) is 6.19. The highest BCUT2D eigenvalue weighted by Gasteiger charge is 2.09. The van der Waals surface area contributed by atoms with Gasteiger partial charge in [-0.1, -0.05) is 30.3 Å². The fourth-order valence-electron chi connectivity index (χ4n) is 3.03. The molecule has 2 aromatic carbocycles. The average molecular weight is 419 g/mol. The molecule has 0 bridgehead atoms. The van der Waals surface area contributed by atoms with Crippen LogP contribution in [0.4, 0.5) is 5.69 Å². The topological polar surface area (TPSA) is 92.9 Å². The third-order valence-electron chi connectivity index (χ3n) is 4.60. The lowest BCUT2D eigenvalue weighted by atomic mass is 10.1. The van der Waals surface area contributed by atoms with Gasteiger partial charge in [-0.05, 0) is 56.2 Å². The van der Waals surface area contributed by atoms with E-state index < -0.39 is 0 Å². The van der Waals surface area contributed by atoms with Crippen molar-refractivity contribution in [3.8, 4) is 11.3 Å². The zero-order valence-electron chi connectivity index (χ0n) is 17.8. The molecule has 0 fully saturated rings. The second kappa shape index (κ2) is 10.2. The molecule has 31 heavy (non-hydrogen) atoms. The number of ether oxygens (including phenoxy) is 1. The van der Waals surface area contributed by atoms with Crippen molar-refractivity contribution in [2.24, 2.45) is 5.10 Å². The molecule has 0 unspecified atom stereocenters. The van der Waals surface area contributed by atoms with Crippen LogP contribution in [0.1, 0.15) is 34.2 Å². The lowest BCUT2D eigenvalue weighted by Crippen LogP contribution is -2.26. The first-order valence-electron chi connectivity index (χ1n) is 9.97. The first-order valence-corrected chi connectivity index (χ1v) is 9.97. The number of hydrazone groups is 1. The van der Waals surface area contributed by atoms with Crippen molar-refractivity contribution in [1.29, 1.82) is 0 Å². The molecule has 0 aliphatic carbocycles. The van der Waals surface area contributed by atoms with E-state index in [1.165, 1.54) is 6.21 Å². The van der Waals surface area contributed by atoms with Gasteiger partial charge < -0.3 is 14.5 Å². The minimum absolute atomic E-state index is 0.110. The largest absolute Gasteiger partial charge is 0.462 e. The van der Waals surface area contributed by atoms with E-state index in [0.717, 1.165) is 22.4 Å². The molecule has 3 aromatic rings. The molecule has 3 rings (SSSR count). The maximum Gasteiger partial charge on any atom is 0.338 e. The molecule has 1 heterocycles. The van der Waals surface area contributed by atoms with Crippen LogP contribution in [0.5, 0.6) is 0 Å². The smallest absolute Gasteiger partial charge is 0.338 e. The van der Waals surface area contributed by atoms with Crippen molar-refractivity contribution in [2.45, 2.75) is 20.8 Å². The van der Waals surface area contributed by atoms with Crippen LogP contribution in [0.2, 0.25) is 0 Å². The Morgan fingerprint density at radius 3 is 2.42 bits per heavy atom. The summed E-state index contributed by atoms with van der Waals surface area (Å²) < 4.78 is 10.7. The maximum atomic E-state index is 12.0. The van der Waals surface area contributed by atoms with Crippen molar-refractivity contribution in [1.82, 2.24) is 5.43 Å². The summed E-state index contributed by atoms with van der Waals surface area (Å²) in [4.78, 5) is 23.8. The number of rotatable bonds is 8. The number of nitrogens with zero attached hydrogens (tertiary/aromatic N) is 1. The first-order chi connectivity index (χ1) is 15.0. The number of nitrogens with one attached hydrogen (secondary N) is 2. The van der Waals surface area contributed by atoms with E-state index >= 15 is 0 Å². The number of aryl methyl sites for hydroxylation is 2. The van der Waals surface area contributed by atoms with Crippen LogP contribution in [-0.2, 0) is 9.53 Å². The Kier molecular flexibility index (Phi) is 7.22. The van der Waals surface area contributed by atoms with Gasteiger partial charge in [0.1, 0.15) is 11.5 Å². The second-order valence-electron chi connectivity index (χ2n) is 6.91. The number of benzene rings is 2. The zero-order valence-corrected chi connectivity index (χ0v) is 17.8. The minimum atomic E-state index is -0.357. The number of amides is 1. The number of carbonyl (C=O) groups is 2. The first kappa shape index (κ1) is 21.8. The Bertz CT molecular complexity index is 1060. The van der Waals surface area contributed by atoms with Crippen LogP contribution in [0.25, 0.3) is 11.3 Å². The third-order valence-corrected chi connectivity index (χ3v) is 4.60. The summed E-state index contributed by atoms with van der Waals surface area (Å²) in [5.41, 5.74) is 6.88. The van der Waals surface area contributed by atoms with Crippen molar-refractivity contribution in [3.63, 3.8) is 0 Å². The van der Waals surface area contributed by atoms with Gasteiger partial charge in [0.25, 0.3) is 5.91 Å². The number of esters is 1. The van der Waals surface area contributed by atoms with Crippen molar-refractivity contribution in [2.75, 3.05) is 18.5 Å². The number of hydrogen-bond donors (Lipinski definition) is 2. The Balaban J connectivity index is 1.53. The molecule has 0 spiro atoms. The summed E-state index contributed by atoms with van der Waals surface area (Å²) in [5.74, 6) is 0.497. The standard InChI is InChI=1S/C24H25N3O4/c1-4-30-24(29)19-10-8-18(9-11-19)21-13-12-20(31-21)14-26-27-22(28)15-25-23-16(2)6-5-7-17(23)3/h5-14,25H,4,15H2,1-3H3,(H,27,28)/b26-14+. The number of carbonyl (C=O) groups excluding carboxylic acids is 2. The summed E-state index contributed by atoms with van der Waals surface area (Å²) in [5, 5.41) is 7.08. The number of para-hydroxylation sites is 1. The second-order valence-corrected chi connectivity index (χ2v) is 6.91. The van der Waals surface area contributed by atoms with Gasteiger partial charge in [-0.25, -0.2) is 10.2 Å². The number of anilines is 1. The Hall–Kier alpha value is -3.87.